The van der Waals surface area contributed by atoms with Crippen molar-refractivity contribution >= 4 is 17.5 Å². The van der Waals surface area contributed by atoms with Crippen molar-refractivity contribution in [3.63, 3.8) is 0 Å². The van der Waals surface area contributed by atoms with Gasteiger partial charge in [0.1, 0.15) is 11.6 Å². The van der Waals surface area contributed by atoms with Gasteiger partial charge in [-0.05, 0) is 24.6 Å². The number of carbonyl (C=O) groups is 1. The number of carbonyl (C=O) groups excluding carboxylic acids is 1. The molecule has 1 rings (SSSR count). The molecule has 0 spiro atoms. The number of ether oxygens (including phenoxy) is 1. The Morgan fingerprint density at radius 1 is 1.41 bits per heavy atom. The number of halogens is 3. The summed E-state index contributed by atoms with van der Waals surface area (Å²) in [7, 11) is 0. The molecule has 17 heavy (non-hydrogen) atoms. The number of nitrogens with one attached hydrogen (secondary N) is 1. The molecule has 1 atom stereocenters. The van der Waals surface area contributed by atoms with Gasteiger partial charge >= 0.3 is 6.61 Å². The van der Waals surface area contributed by atoms with E-state index in [1.165, 1.54) is 12.1 Å². The predicted molar refractivity (Wildman–Crippen MR) is 60.4 cm³/mol. The van der Waals surface area contributed by atoms with E-state index in [-0.39, 0.29) is 23.6 Å². The Morgan fingerprint density at radius 3 is 2.47 bits per heavy atom. The molecule has 0 heterocycles. The molecule has 1 N–H and O–H groups in total. The van der Waals surface area contributed by atoms with Crippen LogP contribution in [-0.4, -0.2) is 18.4 Å². The lowest BCUT2D eigenvalue weighted by molar-refractivity contribution is -0.119. The second kappa shape index (κ2) is 6.39. The maximum absolute atomic E-state index is 11.9. The number of alkyl halides is 3. The van der Waals surface area contributed by atoms with Crippen LogP contribution >= 0.6 is 11.6 Å². The Bertz CT molecular complexity index is 370. The predicted octanol–water partition coefficient (Wildman–Crippen LogP) is 2.70. The fourth-order valence-electron chi connectivity index (χ4n) is 1.30. The van der Waals surface area contributed by atoms with Crippen molar-refractivity contribution in [3.8, 4) is 5.75 Å². The summed E-state index contributed by atoms with van der Waals surface area (Å²) in [5, 5.41) is 2.65. The Hall–Kier alpha value is -1.36. The van der Waals surface area contributed by atoms with E-state index in [4.69, 9.17) is 11.6 Å². The van der Waals surface area contributed by atoms with Crippen molar-refractivity contribution < 1.29 is 18.3 Å². The lowest BCUT2D eigenvalue weighted by Crippen LogP contribution is -2.27. The Morgan fingerprint density at radius 2 is 2.00 bits per heavy atom. The van der Waals surface area contributed by atoms with Gasteiger partial charge in [-0.1, -0.05) is 12.1 Å². The summed E-state index contributed by atoms with van der Waals surface area (Å²) >= 11 is 5.35. The summed E-state index contributed by atoms with van der Waals surface area (Å²) in [6, 6.07) is 5.82. The zero-order valence-corrected chi connectivity index (χ0v) is 9.88. The highest BCUT2D eigenvalue weighted by atomic mass is 35.5. The fourth-order valence-corrected chi connectivity index (χ4v) is 1.38. The summed E-state index contributed by atoms with van der Waals surface area (Å²) in [6.45, 7) is -1.07. The second-order valence-corrected chi connectivity index (χ2v) is 3.64. The lowest BCUT2D eigenvalue weighted by Gasteiger charge is -2.14. The van der Waals surface area contributed by atoms with Crippen LogP contribution < -0.4 is 10.1 Å². The van der Waals surface area contributed by atoms with Gasteiger partial charge in [-0.3, -0.25) is 4.79 Å². The Kier molecular flexibility index (Phi) is 5.15. The van der Waals surface area contributed by atoms with E-state index >= 15 is 0 Å². The van der Waals surface area contributed by atoms with E-state index in [2.05, 4.69) is 10.1 Å². The minimum absolute atomic E-state index is 0.0830. The van der Waals surface area contributed by atoms with Crippen molar-refractivity contribution in [1.82, 2.24) is 5.32 Å². The largest absolute Gasteiger partial charge is 0.435 e. The maximum atomic E-state index is 11.9. The highest BCUT2D eigenvalue weighted by molar-refractivity contribution is 6.27. The molecule has 1 aromatic rings. The molecule has 3 nitrogen and oxygen atoms in total. The van der Waals surface area contributed by atoms with Gasteiger partial charge in [0.15, 0.2) is 0 Å². The number of hydrogen-bond acceptors (Lipinski definition) is 2. The van der Waals surface area contributed by atoms with Crippen LogP contribution in [0, 0.1) is 0 Å². The minimum Gasteiger partial charge on any atom is -0.435 e. The smallest absolute Gasteiger partial charge is 0.387 e. The molecule has 6 heteroatoms. The highest BCUT2D eigenvalue weighted by Gasteiger charge is 2.09. The third kappa shape index (κ3) is 4.56. The summed E-state index contributed by atoms with van der Waals surface area (Å²) < 4.78 is 28.0. The van der Waals surface area contributed by atoms with Crippen molar-refractivity contribution in [3.05, 3.63) is 29.8 Å². The molecule has 1 amide bonds. The number of rotatable bonds is 5. The standard InChI is InChI=1S/C11H12ClF2NO2/c1-7(15-10(16)6-12)8-2-4-9(5-3-8)17-11(13)14/h2-5,7,11H,6H2,1H3,(H,15,16)/t7-/m0/s1. The fraction of sp³-hybridized carbons (Fsp3) is 0.364. The van der Waals surface area contributed by atoms with Crippen molar-refractivity contribution in [2.45, 2.75) is 19.6 Å². The summed E-state index contributed by atoms with van der Waals surface area (Å²) in [5.41, 5.74) is 0.782. The van der Waals surface area contributed by atoms with Crippen molar-refractivity contribution in [2.75, 3.05) is 5.88 Å². The maximum Gasteiger partial charge on any atom is 0.387 e. The van der Waals surface area contributed by atoms with Crippen LogP contribution in [0.1, 0.15) is 18.5 Å². The summed E-state index contributed by atoms with van der Waals surface area (Å²) in [4.78, 5) is 11.0. The van der Waals surface area contributed by atoms with Crippen LogP contribution in [0.3, 0.4) is 0 Å². The first-order chi connectivity index (χ1) is 8.02. The first-order valence-electron chi connectivity index (χ1n) is 4.93. The van der Waals surface area contributed by atoms with Gasteiger partial charge < -0.3 is 10.1 Å². The van der Waals surface area contributed by atoms with Gasteiger partial charge in [-0.2, -0.15) is 8.78 Å². The zero-order valence-electron chi connectivity index (χ0n) is 9.12. The van der Waals surface area contributed by atoms with E-state index < -0.39 is 6.61 Å². The van der Waals surface area contributed by atoms with E-state index in [1.807, 2.05) is 0 Å². The average molecular weight is 264 g/mol. The average Bonchev–Trinajstić information content (AvgIpc) is 2.28. The molecule has 0 saturated carbocycles. The van der Waals surface area contributed by atoms with Gasteiger partial charge in [-0.25, -0.2) is 0 Å². The van der Waals surface area contributed by atoms with E-state index in [1.54, 1.807) is 19.1 Å². The molecule has 0 fully saturated rings. The van der Waals surface area contributed by atoms with Crippen LogP contribution in [0.15, 0.2) is 24.3 Å². The normalized spacial score (nSPS) is 12.3. The number of benzene rings is 1. The molecule has 0 aliphatic carbocycles. The first kappa shape index (κ1) is 13.7. The molecular weight excluding hydrogens is 252 g/mol. The van der Waals surface area contributed by atoms with Crippen LogP contribution in [0.2, 0.25) is 0 Å². The minimum atomic E-state index is -2.84. The topological polar surface area (TPSA) is 38.3 Å². The molecule has 0 bridgehead atoms. The lowest BCUT2D eigenvalue weighted by atomic mass is 10.1. The monoisotopic (exact) mass is 263 g/mol. The second-order valence-electron chi connectivity index (χ2n) is 3.37. The third-order valence-corrected chi connectivity index (χ3v) is 2.35. The number of hydrogen-bond donors (Lipinski definition) is 1. The molecule has 0 aromatic heterocycles. The van der Waals surface area contributed by atoms with Crippen molar-refractivity contribution in [1.29, 1.82) is 0 Å². The van der Waals surface area contributed by atoms with E-state index in [0.29, 0.717) is 0 Å². The molecule has 0 saturated heterocycles. The molecular formula is C11H12ClF2NO2. The first-order valence-corrected chi connectivity index (χ1v) is 5.46. The van der Waals surface area contributed by atoms with Crippen LogP contribution in [0.4, 0.5) is 8.78 Å². The van der Waals surface area contributed by atoms with Gasteiger partial charge in [0.05, 0.1) is 6.04 Å². The quantitative estimate of drug-likeness (QED) is 0.830. The van der Waals surface area contributed by atoms with Gasteiger partial charge in [0.2, 0.25) is 5.91 Å². The highest BCUT2D eigenvalue weighted by Crippen LogP contribution is 2.19. The molecule has 0 aliphatic heterocycles. The van der Waals surface area contributed by atoms with E-state index in [9.17, 15) is 13.6 Å². The Labute approximate surface area is 103 Å². The van der Waals surface area contributed by atoms with Crippen LogP contribution in [-0.2, 0) is 4.79 Å². The zero-order chi connectivity index (χ0) is 12.8. The Balaban J connectivity index is 2.63. The molecule has 94 valence electrons. The van der Waals surface area contributed by atoms with Crippen molar-refractivity contribution in [2.24, 2.45) is 0 Å². The third-order valence-electron chi connectivity index (χ3n) is 2.10. The van der Waals surface area contributed by atoms with Crippen LogP contribution in [0.5, 0.6) is 5.75 Å². The molecule has 0 aliphatic rings. The number of amides is 1. The molecule has 1 aromatic carbocycles. The molecule has 0 radical (unpaired) electrons. The van der Waals surface area contributed by atoms with Crippen LogP contribution in [0.25, 0.3) is 0 Å². The van der Waals surface area contributed by atoms with Gasteiger partial charge in [0.25, 0.3) is 0 Å². The molecule has 0 unspecified atom stereocenters. The van der Waals surface area contributed by atoms with E-state index in [0.717, 1.165) is 5.56 Å². The van der Waals surface area contributed by atoms with Gasteiger partial charge in [-0.15, -0.1) is 11.6 Å². The summed E-state index contributed by atoms with van der Waals surface area (Å²) in [6.07, 6.45) is 0. The SMILES string of the molecule is C[C@H](NC(=O)CCl)c1ccc(OC(F)F)cc1. The summed E-state index contributed by atoms with van der Waals surface area (Å²) in [5.74, 6) is -0.316. The van der Waals surface area contributed by atoms with Gasteiger partial charge in [0, 0.05) is 0 Å².